The van der Waals surface area contributed by atoms with E-state index in [0.717, 1.165) is 40.5 Å². The maximum atomic E-state index is 5.31. The highest BCUT2D eigenvalue weighted by atomic mass is 16.5. The molecule has 3 nitrogen and oxygen atoms in total. The molecule has 1 aromatic carbocycles. The average molecular weight is 320 g/mol. The fourth-order valence-corrected chi connectivity index (χ4v) is 3.26. The van der Waals surface area contributed by atoms with E-state index in [1.807, 2.05) is 18.2 Å². The summed E-state index contributed by atoms with van der Waals surface area (Å²) in [5, 5.41) is 0. The van der Waals surface area contributed by atoms with Gasteiger partial charge < -0.3 is 4.74 Å². The summed E-state index contributed by atoms with van der Waals surface area (Å²) in [6.07, 6.45) is 10.1. The number of rotatable bonds is 5. The first-order chi connectivity index (χ1) is 11.8. The SMILES string of the molecule is COc1ccc2nc(C#CCCCC3CC3)c(C3CCC3)nc2c1. The van der Waals surface area contributed by atoms with Crippen LogP contribution in [0, 0.1) is 17.8 Å². The summed E-state index contributed by atoms with van der Waals surface area (Å²) < 4.78 is 5.31. The molecule has 24 heavy (non-hydrogen) atoms. The van der Waals surface area contributed by atoms with Crippen molar-refractivity contribution in [3.05, 3.63) is 29.6 Å². The van der Waals surface area contributed by atoms with Crippen molar-refractivity contribution in [1.29, 1.82) is 0 Å². The van der Waals surface area contributed by atoms with Crippen molar-refractivity contribution < 1.29 is 4.74 Å². The minimum absolute atomic E-state index is 0.531. The molecule has 0 atom stereocenters. The van der Waals surface area contributed by atoms with Gasteiger partial charge in [0.1, 0.15) is 11.4 Å². The lowest BCUT2D eigenvalue weighted by atomic mass is 9.82. The topological polar surface area (TPSA) is 35.0 Å². The second-order valence-electron chi connectivity index (χ2n) is 7.08. The molecule has 0 unspecified atom stereocenters. The van der Waals surface area contributed by atoms with Gasteiger partial charge in [-0.1, -0.05) is 25.2 Å². The lowest BCUT2D eigenvalue weighted by Gasteiger charge is -2.25. The van der Waals surface area contributed by atoms with Crippen LogP contribution in [-0.4, -0.2) is 17.1 Å². The van der Waals surface area contributed by atoms with Crippen LogP contribution in [0.25, 0.3) is 11.0 Å². The van der Waals surface area contributed by atoms with Crippen molar-refractivity contribution in [1.82, 2.24) is 9.97 Å². The summed E-state index contributed by atoms with van der Waals surface area (Å²) in [7, 11) is 1.68. The monoisotopic (exact) mass is 320 g/mol. The summed E-state index contributed by atoms with van der Waals surface area (Å²) in [6.45, 7) is 0. The zero-order chi connectivity index (χ0) is 16.4. The lowest BCUT2D eigenvalue weighted by molar-refractivity contribution is 0.409. The van der Waals surface area contributed by atoms with Crippen LogP contribution >= 0.6 is 0 Å². The van der Waals surface area contributed by atoms with Crippen LogP contribution in [0.5, 0.6) is 5.75 Å². The Morgan fingerprint density at radius 3 is 2.71 bits per heavy atom. The number of hydrogen-bond acceptors (Lipinski definition) is 3. The van der Waals surface area contributed by atoms with Gasteiger partial charge in [0.25, 0.3) is 0 Å². The van der Waals surface area contributed by atoms with Gasteiger partial charge in [-0.05, 0) is 49.7 Å². The van der Waals surface area contributed by atoms with Crippen LogP contribution in [0.2, 0.25) is 0 Å². The number of nitrogens with zero attached hydrogens (tertiary/aromatic N) is 2. The molecule has 1 heterocycles. The van der Waals surface area contributed by atoms with Crippen LogP contribution in [-0.2, 0) is 0 Å². The normalized spacial score (nSPS) is 17.2. The summed E-state index contributed by atoms with van der Waals surface area (Å²) in [4.78, 5) is 9.70. The van der Waals surface area contributed by atoms with E-state index in [1.165, 1.54) is 44.9 Å². The fraction of sp³-hybridized carbons (Fsp3) is 0.524. The number of benzene rings is 1. The Balaban J connectivity index is 1.60. The molecule has 2 aliphatic carbocycles. The first-order valence-electron chi connectivity index (χ1n) is 9.18. The van der Waals surface area contributed by atoms with Crippen LogP contribution in [0.15, 0.2) is 18.2 Å². The number of ether oxygens (including phenoxy) is 1. The fourth-order valence-electron chi connectivity index (χ4n) is 3.26. The largest absolute Gasteiger partial charge is 0.497 e. The number of aromatic nitrogens is 2. The van der Waals surface area contributed by atoms with E-state index in [0.29, 0.717) is 5.92 Å². The molecular formula is C21H24N2O. The summed E-state index contributed by atoms with van der Waals surface area (Å²) in [5.41, 5.74) is 3.80. The standard InChI is InChI=1S/C21H24N2O/c1-24-17-12-13-18-20(14-17)23-21(16-7-5-8-16)19(22-18)9-4-2-3-6-15-10-11-15/h12-16H,2-3,5-8,10-11H2,1H3. The molecule has 2 aliphatic rings. The zero-order valence-electron chi connectivity index (χ0n) is 14.3. The second kappa shape index (κ2) is 6.81. The van der Waals surface area contributed by atoms with Gasteiger partial charge in [-0.25, -0.2) is 9.97 Å². The van der Waals surface area contributed by atoms with Gasteiger partial charge in [0, 0.05) is 18.4 Å². The molecule has 0 aliphatic heterocycles. The average Bonchev–Trinajstić information content (AvgIpc) is 3.37. The maximum Gasteiger partial charge on any atom is 0.135 e. The molecule has 2 saturated carbocycles. The Bertz CT molecular complexity index is 795. The molecule has 2 aromatic rings. The minimum Gasteiger partial charge on any atom is -0.497 e. The summed E-state index contributed by atoms with van der Waals surface area (Å²) in [6, 6.07) is 5.88. The van der Waals surface area contributed by atoms with Crippen molar-refractivity contribution in [2.45, 2.75) is 57.3 Å². The van der Waals surface area contributed by atoms with Crippen LogP contribution < -0.4 is 4.74 Å². The first-order valence-corrected chi connectivity index (χ1v) is 9.18. The number of hydrogen-bond donors (Lipinski definition) is 0. The highest BCUT2D eigenvalue weighted by Gasteiger charge is 2.24. The Morgan fingerprint density at radius 2 is 2.00 bits per heavy atom. The molecule has 0 bridgehead atoms. The Morgan fingerprint density at radius 1 is 1.12 bits per heavy atom. The van der Waals surface area contributed by atoms with E-state index in [2.05, 4.69) is 11.8 Å². The van der Waals surface area contributed by atoms with E-state index in [4.69, 9.17) is 14.7 Å². The molecular weight excluding hydrogens is 296 g/mol. The Hall–Kier alpha value is -2.08. The molecule has 4 rings (SSSR count). The minimum atomic E-state index is 0.531. The van der Waals surface area contributed by atoms with E-state index in [9.17, 15) is 0 Å². The number of unbranched alkanes of at least 4 members (excludes halogenated alkanes) is 1. The molecule has 0 radical (unpaired) electrons. The van der Waals surface area contributed by atoms with Gasteiger partial charge in [0.15, 0.2) is 0 Å². The molecule has 1 aromatic heterocycles. The quantitative estimate of drug-likeness (QED) is 0.584. The molecule has 0 amide bonds. The van der Waals surface area contributed by atoms with E-state index >= 15 is 0 Å². The summed E-state index contributed by atoms with van der Waals surface area (Å²) >= 11 is 0. The smallest absolute Gasteiger partial charge is 0.135 e. The van der Waals surface area contributed by atoms with Gasteiger partial charge in [0.05, 0.1) is 23.8 Å². The zero-order valence-corrected chi connectivity index (χ0v) is 14.3. The van der Waals surface area contributed by atoms with Crippen molar-refractivity contribution in [3.8, 4) is 17.6 Å². The number of fused-ring (bicyclic) bond motifs is 1. The molecule has 0 N–H and O–H groups in total. The van der Waals surface area contributed by atoms with Crippen LogP contribution in [0.1, 0.15) is 68.7 Å². The van der Waals surface area contributed by atoms with E-state index < -0.39 is 0 Å². The summed E-state index contributed by atoms with van der Waals surface area (Å²) in [5.74, 6) is 9.01. The van der Waals surface area contributed by atoms with Crippen molar-refractivity contribution in [2.24, 2.45) is 5.92 Å². The van der Waals surface area contributed by atoms with Gasteiger partial charge in [-0.3, -0.25) is 0 Å². The van der Waals surface area contributed by atoms with Gasteiger partial charge in [0.2, 0.25) is 0 Å². The number of methoxy groups -OCH3 is 1. The van der Waals surface area contributed by atoms with Crippen molar-refractivity contribution in [3.63, 3.8) is 0 Å². The molecule has 124 valence electrons. The second-order valence-corrected chi connectivity index (χ2v) is 7.08. The Kier molecular flexibility index (Phi) is 4.38. The molecule has 3 heteroatoms. The molecule has 2 fully saturated rings. The third-order valence-corrected chi connectivity index (χ3v) is 5.21. The van der Waals surface area contributed by atoms with Gasteiger partial charge in [-0.2, -0.15) is 0 Å². The van der Waals surface area contributed by atoms with Crippen molar-refractivity contribution >= 4 is 11.0 Å². The van der Waals surface area contributed by atoms with E-state index in [1.54, 1.807) is 7.11 Å². The Labute approximate surface area is 143 Å². The third-order valence-electron chi connectivity index (χ3n) is 5.21. The highest BCUT2D eigenvalue weighted by Crippen LogP contribution is 2.37. The third kappa shape index (κ3) is 3.38. The van der Waals surface area contributed by atoms with Crippen LogP contribution in [0.4, 0.5) is 0 Å². The van der Waals surface area contributed by atoms with E-state index in [-0.39, 0.29) is 0 Å². The van der Waals surface area contributed by atoms with Crippen LogP contribution in [0.3, 0.4) is 0 Å². The molecule has 0 spiro atoms. The predicted octanol–water partition coefficient (Wildman–Crippen LogP) is 4.84. The predicted molar refractivity (Wildman–Crippen MR) is 96.1 cm³/mol. The lowest BCUT2D eigenvalue weighted by Crippen LogP contribution is -2.13. The van der Waals surface area contributed by atoms with Crippen molar-refractivity contribution in [2.75, 3.05) is 7.11 Å². The molecule has 0 saturated heterocycles. The van der Waals surface area contributed by atoms with Gasteiger partial charge >= 0.3 is 0 Å². The first kappa shape index (κ1) is 15.4. The highest BCUT2D eigenvalue weighted by molar-refractivity contribution is 5.77. The van der Waals surface area contributed by atoms with Gasteiger partial charge in [-0.15, -0.1) is 0 Å². The maximum absolute atomic E-state index is 5.31.